The number of methoxy groups -OCH3 is 1. The molecule has 0 atom stereocenters. The molecule has 0 aromatic heterocycles. The SMILES string of the molecule is C#CCCC1(CCNC(=O)c2ccc(OC)c(S(=O)(=O)NC(C)C)c2)N=N1. The van der Waals surface area contributed by atoms with E-state index in [2.05, 4.69) is 26.2 Å². The lowest BCUT2D eigenvalue weighted by Crippen LogP contribution is -2.31. The van der Waals surface area contributed by atoms with Gasteiger partial charge in [0, 0.05) is 37.4 Å². The molecular weight excluding hydrogens is 368 g/mol. The van der Waals surface area contributed by atoms with Gasteiger partial charge in [0.2, 0.25) is 10.0 Å². The van der Waals surface area contributed by atoms with Crippen molar-refractivity contribution < 1.29 is 17.9 Å². The first kappa shape index (κ1) is 20.9. The van der Waals surface area contributed by atoms with Gasteiger partial charge in [0.1, 0.15) is 10.6 Å². The monoisotopic (exact) mass is 392 g/mol. The van der Waals surface area contributed by atoms with Gasteiger partial charge < -0.3 is 10.1 Å². The number of terminal acetylenes is 1. The van der Waals surface area contributed by atoms with Crippen molar-refractivity contribution in [3.63, 3.8) is 0 Å². The molecule has 1 heterocycles. The molecule has 0 unspecified atom stereocenters. The van der Waals surface area contributed by atoms with Gasteiger partial charge in [-0.05, 0) is 32.0 Å². The van der Waals surface area contributed by atoms with Crippen molar-refractivity contribution in [2.24, 2.45) is 10.2 Å². The number of sulfonamides is 1. The van der Waals surface area contributed by atoms with Crippen LogP contribution in [-0.4, -0.2) is 39.7 Å². The zero-order chi connectivity index (χ0) is 20.1. The summed E-state index contributed by atoms with van der Waals surface area (Å²) in [7, 11) is -2.43. The third kappa shape index (κ3) is 5.52. The van der Waals surface area contributed by atoms with Crippen LogP contribution in [0.2, 0.25) is 0 Å². The minimum absolute atomic E-state index is 0.0796. The van der Waals surface area contributed by atoms with Crippen molar-refractivity contribution in [1.82, 2.24) is 10.0 Å². The molecule has 1 aromatic carbocycles. The molecule has 0 saturated carbocycles. The van der Waals surface area contributed by atoms with E-state index in [1.165, 1.54) is 25.3 Å². The topological polar surface area (TPSA) is 109 Å². The van der Waals surface area contributed by atoms with E-state index in [0.29, 0.717) is 25.8 Å². The van der Waals surface area contributed by atoms with Crippen LogP contribution in [0.1, 0.15) is 43.5 Å². The maximum atomic E-state index is 12.5. The molecule has 2 rings (SSSR count). The van der Waals surface area contributed by atoms with Crippen LogP contribution in [0.25, 0.3) is 0 Å². The fourth-order valence-corrected chi connectivity index (χ4v) is 3.99. The van der Waals surface area contributed by atoms with E-state index in [9.17, 15) is 13.2 Å². The summed E-state index contributed by atoms with van der Waals surface area (Å²) in [4.78, 5) is 12.3. The van der Waals surface area contributed by atoms with Crippen LogP contribution in [0, 0.1) is 12.3 Å². The van der Waals surface area contributed by atoms with E-state index >= 15 is 0 Å². The van der Waals surface area contributed by atoms with E-state index < -0.39 is 15.7 Å². The summed E-state index contributed by atoms with van der Waals surface area (Å²) in [5.41, 5.74) is -0.253. The number of ether oxygens (including phenoxy) is 1. The van der Waals surface area contributed by atoms with Crippen molar-refractivity contribution in [3.05, 3.63) is 23.8 Å². The minimum atomic E-state index is -3.81. The van der Waals surface area contributed by atoms with E-state index in [0.717, 1.165) is 0 Å². The highest BCUT2D eigenvalue weighted by Gasteiger charge is 2.38. The van der Waals surface area contributed by atoms with E-state index in [4.69, 9.17) is 11.2 Å². The molecule has 0 spiro atoms. The Kier molecular flexibility index (Phi) is 6.57. The number of rotatable bonds is 10. The second-order valence-corrected chi connectivity index (χ2v) is 8.22. The first-order valence-corrected chi connectivity index (χ1v) is 10.1. The van der Waals surface area contributed by atoms with E-state index in [-0.39, 0.29) is 28.2 Å². The third-order valence-corrected chi connectivity index (χ3v) is 5.65. The van der Waals surface area contributed by atoms with Crippen molar-refractivity contribution in [2.45, 2.75) is 49.7 Å². The predicted molar refractivity (Wildman–Crippen MR) is 101 cm³/mol. The summed E-state index contributed by atoms with van der Waals surface area (Å²) in [5, 5.41) is 10.8. The van der Waals surface area contributed by atoms with Crippen LogP contribution in [0.4, 0.5) is 0 Å². The summed E-state index contributed by atoms with van der Waals surface area (Å²) in [5.74, 6) is 2.34. The Morgan fingerprint density at radius 2 is 2.04 bits per heavy atom. The smallest absolute Gasteiger partial charge is 0.251 e. The summed E-state index contributed by atoms with van der Waals surface area (Å²) >= 11 is 0. The molecule has 1 amide bonds. The van der Waals surface area contributed by atoms with Gasteiger partial charge in [-0.15, -0.1) is 12.3 Å². The highest BCUT2D eigenvalue weighted by molar-refractivity contribution is 7.89. The normalized spacial score (nSPS) is 14.6. The molecule has 0 bridgehead atoms. The van der Waals surface area contributed by atoms with Crippen LogP contribution in [0.3, 0.4) is 0 Å². The standard InChI is InChI=1S/C18H24N4O4S/c1-5-6-9-18(21-22-18)10-11-19-17(23)14-7-8-15(26-4)16(12-14)27(24,25)20-13(2)3/h1,7-8,12-13,20H,6,9-11H2,2-4H3,(H,19,23). The van der Waals surface area contributed by atoms with Crippen LogP contribution in [0.15, 0.2) is 33.3 Å². The number of carbonyl (C=O) groups is 1. The van der Waals surface area contributed by atoms with Crippen LogP contribution < -0.4 is 14.8 Å². The molecule has 1 aromatic rings. The molecular formula is C18H24N4O4S. The number of nitrogens with zero attached hydrogens (tertiary/aromatic N) is 2. The lowest BCUT2D eigenvalue weighted by molar-refractivity contribution is 0.0951. The fourth-order valence-electron chi connectivity index (χ4n) is 2.55. The molecule has 146 valence electrons. The number of hydrogen-bond acceptors (Lipinski definition) is 6. The van der Waals surface area contributed by atoms with Crippen molar-refractivity contribution in [2.75, 3.05) is 13.7 Å². The summed E-state index contributed by atoms with van der Waals surface area (Å²) in [6, 6.07) is 3.99. The van der Waals surface area contributed by atoms with E-state index in [1.54, 1.807) is 13.8 Å². The fraction of sp³-hybridized carbons (Fsp3) is 0.500. The molecule has 0 saturated heterocycles. The average molecular weight is 392 g/mol. The molecule has 1 aliphatic rings. The van der Waals surface area contributed by atoms with Gasteiger partial charge in [-0.2, -0.15) is 10.2 Å². The molecule has 27 heavy (non-hydrogen) atoms. The van der Waals surface area contributed by atoms with Crippen LogP contribution in [0.5, 0.6) is 5.75 Å². The van der Waals surface area contributed by atoms with Gasteiger partial charge in [0.05, 0.1) is 7.11 Å². The number of carbonyl (C=O) groups excluding carboxylic acids is 1. The Morgan fingerprint density at radius 3 is 2.59 bits per heavy atom. The number of amides is 1. The quantitative estimate of drug-likeness (QED) is 0.594. The maximum absolute atomic E-state index is 12.5. The van der Waals surface area contributed by atoms with Crippen LogP contribution in [-0.2, 0) is 10.0 Å². The van der Waals surface area contributed by atoms with Crippen molar-refractivity contribution in [1.29, 1.82) is 0 Å². The minimum Gasteiger partial charge on any atom is -0.495 e. The second kappa shape index (κ2) is 8.50. The largest absolute Gasteiger partial charge is 0.495 e. The summed E-state index contributed by atoms with van der Waals surface area (Å²) in [6.45, 7) is 3.78. The molecule has 1 aliphatic heterocycles. The van der Waals surface area contributed by atoms with Gasteiger partial charge in [-0.1, -0.05) is 0 Å². The van der Waals surface area contributed by atoms with Gasteiger partial charge >= 0.3 is 0 Å². The van der Waals surface area contributed by atoms with E-state index in [1.807, 2.05) is 0 Å². The summed E-state index contributed by atoms with van der Waals surface area (Å²) < 4.78 is 32.6. The molecule has 9 heteroatoms. The number of nitrogens with one attached hydrogen (secondary N) is 2. The van der Waals surface area contributed by atoms with Gasteiger partial charge in [0.25, 0.3) is 5.91 Å². The third-order valence-electron chi connectivity index (χ3n) is 3.97. The zero-order valence-electron chi connectivity index (χ0n) is 15.7. The lowest BCUT2D eigenvalue weighted by atomic mass is 10.0. The maximum Gasteiger partial charge on any atom is 0.251 e. The summed E-state index contributed by atoms with van der Waals surface area (Å²) in [6.07, 6.45) is 7.03. The highest BCUT2D eigenvalue weighted by atomic mass is 32.2. The average Bonchev–Trinajstić information content (AvgIpc) is 3.38. The first-order valence-electron chi connectivity index (χ1n) is 8.59. The number of hydrogen-bond donors (Lipinski definition) is 2. The van der Waals surface area contributed by atoms with Gasteiger partial charge in [0.15, 0.2) is 5.66 Å². The Hall–Kier alpha value is -2.44. The second-order valence-electron chi connectivity index (χ2n) is 6.53. The lowest BCUT2D eigenvalue weighted by Gasteiger charge is -2.14. The predicted octanol–water partition coefficient (Wildman–Crippen LogP) is 2.08. The molecule has 0 fully saturated rings. The van der Waals surface area contributed by atoms with Gasteiger partial charge in [-0.25, -0.2) is 13.1 Å². The number of benzene rings is 1. The molecule has 0 radical (unpaired) electrons. The highest BCUT2D eigenvalue weighted by Crippen LogP contribution is 2.36. The molecule has 8 nitrogen and oxygen atoms in total. The Balaban J connectivity index is 2.06. The van der Waals surface area contributed by atoms with Gasteiger partial charge in [-0.3, -0.25) is 4.79 Å². The Bertz CT molecular complexity index is 866. The Morgan fingerprint density at radius 1 is 1.33 bits per heavy atom. The Labute approximate surface area is 159 Å². The molecule has 2 N–H and O–H groups in total. The zero-order valence-corrected chi connectivity index (χ0v) is 16.5. The first-order chi connectivity index (χ1) is 12.7. The van der Waals surface area contributed by atoms with Crippen molar-refractivity contribution >= 4 is 15.9 Å². The molecule has 0 aliphatic carbocycles. The van der Waals surface area contributed by atoms with Crippen molar-refractivity contribution in [3.8, 4) is 18.1 Å². The van der Waals surface area contributed by atoms with Crippen LogP contribution >= 0.6 is 0 Å².